The number of alkyl halides is 5. The molecule has 4 nitrogen and oxygen atoms in total. The number of rotatable bonds is 7. The lowest BCUT2D eigenvalue weighted by atomic mass is 9.99. The summed E-state index contributed by atoms with van der Waals surface area (Å²) in [5.41, 5.74) is 0. The van der Waals surface area contributed by atoms with E-state index in [4.69, 9.17) is 4.74 Å². The van der Waals surface area contributed by atoms with Crippen molar-refractivity contribution >= 4 is 11.9 Å². The molecule has 2 atom stereocenters. The van der Waals surface area contributed by atoms with Crippen LogP contribution in [-0.4, -0.2) is 36.6 Å². The van der Waals surface area contributed by atoms with Gasteiger partial charge in [-0.1, -0.05) is 34.1 Å². The molecule has 0 radical (unpaired) electrons. The van der Waals surface area contributed by atoms with Crippen molar-refractivity contribution in [3.05, 3.63) is 0 Å². The molecule has 1 amide bonds. The van der Waals surface area contributed by atoms with Crippen LogP contribution in [0.4, 0.5) is 22.0 Å². The Hall–Kier alpha value is -1.41. The first-order chi connectivity index (χ1) is 9.84. The normalized spacial score (nSPS) is 15.4. The highest BCUT2D eigenvalue weighted by Gasteiger charge is 2.63. The quantitative estimate of drug-likeness (QED) is 0.576. The monoisotopic (exact) mass is 333 g/mol. The lowest BCUT2D eigenvalue weighted by Crippen LogP contribution is -2.56. The van der Waals surface area contributed by atoms with Crippen molar-refractivity contribution in [2.75, 3.05) is 6.61 Å². The van der Waals surface area contributed by atoms with Gasteiger partial charge in [0.05, 0.1) is 6.61 Å². The van der Waals surface area contributed by atoms with Crippen molar-refractivity contribution in [3.63, 3.8) is 0 Å². The van der Waals surface area contributed by atoms with Crippen molar-refractivity contribution in [2.24, 2.45) is 11.8 Å². The largest absolute Gasteiger partial charge is 0.464 e. The molecule has 0 spiro atoms. The fraction of sp³-hybridized carbons (Fsp3) is 0.846. The van der Waals surface area contributed by atoms with E-state index in [0.29, 0.717) is 0 Å². The van der Waals surface area contributed by atoms with Crippen molar-refractivity contribution in [1.82, 2.24) is 5.32 Å². The lowest BCUT2D eigenvalue weighted by molar-refractivity contribution is -0.270. The first kappa shape index (κ1) is 20.6. The highest BCUT2D eigenvalue weighted by Crippen LogP contribution is 2.35. The molecule has 0 saturated carbocycles. The molecule has 2 unspecified atom stereocenters. The Morgan fingerprint density at radius 2 is 1.59 bits per heavy atom. The fourth-order valence-electron chi connectivity index (χ4n) is 1.37. The van der Waals surface area contributed by atoms with Gasteiger partial charge in [-0.2, -0.15) is 22.0 Å². The van der Waals surface area contributed by atoms with Crippen LogP contribution in [0.25, 0.3) is 0 Å². The zero-order valence-electron chi connectivity index (χ0n) is 12.8. The second kappa shape index (κ2) is 7.73. The summed E-state index contributed by atoms with van der Waals surface area (Å²) in [6.45, 7) is 6.45. The predicted molar refractivity (Wildman–Crippen MR) is 68.2 cm³/mol. The van der Waals surface area contributed by atoms with Gasteiger partial charge in [0, 0.05) is 0 Å². The number of carbonyl (C=O) groups is 2. The summed E-state index contributed by atoms with van der Waals surface area (Å²) in [4.78, 5) is 23.0. The summed E-state index contributed by atoms with van der Waals surface area (Å²) in [5.74, 6) is -9.88. The zero-order chi connectivity index (χ0) is 17.7. The van der Waals surface area contributed by atoms with Crippen LogP contribution in [0.1, 0.15) is 34.1 Å². The van der Waals surface area contributed by atoms with Gasteiger partial charge in [0.25, 0.3) is 0 Å². The van der Waals surface area contributed by atoms with E-state index in [1.54, 1.807) is 20.8 Å². The second-order valence-corrected chi connectivity index (χ2v) is 5.43. The number of nitrogens with one attached hydrogen (secondary N) is 1. The van der Waals surface area contributed by atoms with E-state index in [2.05, 4.69) is 0 Å². The molecule has 0 fully saturated rings. The van der Waals surface area contributed by atoms with Crippen LogP contribution in [-0.2, 0) is 14.3 Å². The molecule has 0 aliphatic heterocycles. The molecule has 0 aliphatic rings. The van der Waals surface area contributed by atoms with Gasteiger partial charge in [0.2, 0.25) is 0 Å². The lowest BCUT2D eigenvalue weighted by Gasteiger charge is -2.26. The van der Waals surface area contributed by atoms with Gasteiger partial charge < -0.3 is 10.1 Å². The molecule has 0 heterocycles. The Labute approximate surface area is 125 Å². The standard InChI is InChI=1S/C13H20F5NO3/c1-5-8(4)9(10(20)22-6-7(2)3)19-11(21)12(14,15)13(16,17)18/h7-9H,5-6H2,1-4H3,(H,19,21). The van der Waals surface area contributed by atoms with Crippen LogP contribution in [0.15, 0.2) is 0 Å². The number of hydrogen-bond donors (Lipinski definition) is 1. The number of esters is 1. The SMILES string of the molecule is CCC(C)C(NC(=O)C(F)(F)C(F)(F)F)C(=O)OCC(C)C. The Bertz CT molecular complexity index is 396. The first-order valence-corrected chi connectivity index (χ1v) is 6.76. The molecule has 0 bridgehead atoms. The maximum Gasteiger partial charge on any atom is 0.463 e. The van der Waals surface area contributed by atoms with Crippen LogP contribution in [0.2, 0.25) is 0 Å². The fourth-order valence-corrected chi connectivity index (χ4v) is 1.37. The molecule has 130 valence electrons. The van der Waals surface area contributed by atoms with Gasteiger partial charge >= 0.3 is 24.0 Å². The maximum absolute atomic E-state index is 12.9. The van der Waals surface area contributed by atoms with Gasteiger partial charge in [0.15, 0.2) is 0 Å². The Morgan fingerprint density at radius 3 is 1.95 bits per heavy atom. The van der Waals surface area contributed by atoms with Crippen LogP contribution >= 0.6 is 0 Å². The molecule has 0 aromatic heterocycles. The van der Waals surface area contributed by atoms with Gasteiger partial charge in [-0.05, 0) is 11.8 Å². The topological polar surface area (TPSA) is 55.4 Å². The minimum absolute atomic E-state index is 0.0305. The highest BCUT2D eigenvalue weighted by molar-refractivity contribution is 5.89. The van der Waals surface area contributed by atoms with Crippen LogP contribution in [0, 0.1) is 11.8 Å². The van der Waals surface area contributed by atoms with E-state index < -0.39 is 35.9 Å². The van der Waals surface area contributed by atoms with Gasteiger partial charge in [-0.15, -0.1) is 0 Å². The summed E-state index contributed by atoms with van der Waals surface area (Å²) in [6.07, 6.45) is -5.75. The molecule has 1 N–H and O–H groups in total. The third kappa shape index (κ3) is 5.42. The molecular weight excluding hydrogens is 313 g/mol. The van der Waals surface area contributed by atoms with Crippen molar-refractivity contribution < 1.29 is 36.3 Å². The average Bonchev–Trinajstić information content (AvgIpc) is 2.39. The number of hydrogen-bond acceptors (Lipinski definition) is 3. The second-order valence-electron chi connectivity index (χ2n) is 5.43. The third-order valence-corrected chi connectivity index (χ3v) is 2.95. The van der Waals surface area contributed by atoms with Gasteiger partial charge in [0.1, 0.15) is 6.04 Å². The van der Waals surface area contributed by atoms with E-state index in [-0.39, 0.29) is 18.9 Å². The molecular formula is C13H20F5NO3. The van der Waals surface area contributed by atoms with Gasteiger partial charge in [-0.3, -0.25) is 4.79 Å². The summed E-state index contributed by atoms with van der Waals surface area (Å²) in [7, 11) is 0. The first-order valence-electron chi connectivity index (χ1n) is 6.76. The van der Waals surface area contributed by atoms with Gasteiger partial charge in [-0.25, -0.2) is 4.79 Å². The Kier molecular flexibility index (Phi) is 7.24. The van der Waals surface area contributed by atoms with Crippen LogP contribution < -0.4 is 5.32 Å². The highest BCUT2D eigenvalue weighted by atomic mass is 19.4. The maximum atomic E-state index is 12.9. The molecule has 0 aromatic rings. The number of ether oxygens (including phenoxy) is 1. The molecule has 22 heavy (non-hydrogen) atoms. The van der Waals surface area contributed by atoms with E-state index in [9.17, 15) is 31.5 Å². The Morgan fingerprint density at radius 1 is 1.09 bits per heavy atom. The summed E-state index contributed by atoms with van der Waals surface area (Å²) >= 11 is 0. The smallest absolute Gasteiger partial charge is 0.463 e. The number of halogens is 5. The minimum atomic E-state index is -6.03. The number of carbonyl (C=O) groups excluding carboxylic acids is 2. The van der Waals surface area contributed by atoms with E-state index in [1.807, 2.05) is 0 Å². The van der Waals surface area contributed by atoms with Crippen molar-refractivity contribution in [2.45, 2.75) is 52.3 Å². The van der Waals surface area contributed by atoms with Crippen molar-refractivity contribution in [1.29, 1.82) is 0 Å². The Balaban J connectivity index is 5.09. The number of amides is 1. The molecule has 9 heteroatoms. The van der Waals surface area contributed by atoms with E-state index in [1.165, 1.54) is 12.2 Å². The van der Waals surface area contributed by atoms with Crippen LogP contribution in [0.3, 0.4) is 0 Å². The summed E-state index contributed by atoms with van der Waals surface area (Å²) in [5, 5.41) is 1.45. The van der Waals surface area contributed by atoms with Crippen LogP contribution in [0.5, 0.6) is 0 Å². The summed E-state index contributed by atoms with van der Waals surface area (Å²) < 4.78 is 67.1. The van der Waals surface area contributed by atoms with E-state index in [0.717, 1.165) is 0 Å². The molecule has 0 aliphatic carbocycles. The third-order valence-electron chi connectivity index (χ3n) is 2.95. The van der Waals surface area contributed by atoms with E-state index >= 15 is 0 Å². The average molecular weight is 333 g/mol. The molecule has 0 rings (SSSR count). The van der Waals surface area contributed by atoms with Crippen molar-refractivity contribution in [3.8, 4) is 0 Å². The molecule has 0 saturated heterocycles. The summed E-state index contributed by atoms with van der Waals surface area (Å²) in [6, 6.07) is -1.57. The minimum Gasteiger partial charge on any atom is -0.464 e. The zero-order valence-corrected chi connectivity index (χ0v) is 12.8. The molecule has 0 aromatic carbocycles. The predicted octanol–water partition coefficient (Wildman–Crippen LogP) is 2.91.